The van der Waals surface area contributed by atoms with Crippen LogP contribution in [0, 0.1) is 25.2 Å². The summed E-state index contributed by atoms with van der Waals surface area (Å²) in [6.07, 6.45) is 0.119. The van der Waals surface area contributed by atoms with Crippen LogP contribution in [0.15, 0.2) is 42.5 Å². The number of carbonyl (C=O) groups is 4. The lowest BCUT2D eigenvalue weighted by molar-refractivity contribution is -0.146. The maximum absolute atomic E-state index is 12.7. The Balaban J connectivity index is 1.67. The van der Waals surface area contributed by atoms with Crippen molar-refractivity contribution in [3.05, 3.63) is 59.2 Å². The predicted molar refractivity (Wildman–Crippen MR) is 113 cm³/mol. The van der Waals surface area contributed by atoms with Gasteiger partial charge in [0, 0.05) is 12.2 Å². The summed E-state index contributed by atoms with van der Waals surface area (Å²) in [5, 5.41) is 8.92. The van der Waals surface area contributed by atoms with E-state index in [0.717, 1.165) is 16.0 Å². The Morgan fingerprint density at radius 3 is 2.45 bits per heavy atom. The molecule has 0 saturated carbocycles. The highest BCUT2D eigenvalue weighted by Crippen LogP contribution is 2.28. The first kappa shape index (κ1) is 21.7. The SMILES string of the molecule is Cc1cc(C)cc(N(CCC#N)C(=O)COC(=O)CN2C(=O)C(=O)c3ccccc32)c1. The van der Waals surface area contributed by atoms with Gasteiger partial charge < -0.3 is 9.64 Å². The van der Waals surface area contributed by atoms with E-state index < -0.39 is 36.7 Å². The standard InChI is InChI=1S/C23H21N3O5/c1-15-10-16(2)12-17(11-15)25(9-5-8-24)20(27)14-31-21(28)13-26-19-7-4-3-6-18(19)22(29)23(26)30/h3-4,6-7,10-12H,5,9,13-14H2,1-2H3. The van der Waals surface area contributed by atoms with Gasteiger partial charge in [0.1, 0.15) is 6.54 Å². The van der Waals surface area contributed by atoms with Gasteiger partial charge in [0.2, 0.25) is 0 Å². The highest BCUT2D eigenvalue weighted by molar-refractivity contribution is 6.52. The van der Waals surface area contributed by atoms with Crippen LogP contribution in [-0.4, -0.2) is 43.3 Å². The van der Waals surface area contributed by atoms with Crippen molar-refractivity contribution in [2.75, 3.05) is 29.5 Å². The summed E-state index contributed by atoms with van der Waals surface area (Å²) in [5.41, 5.74) is 3.10. The minimum Gasteiger partial charge on any atom is -0.454 e. The Morgan fingerprint density at radius 1 is 1.10 bits per heavy atom. The Morgan fingerprint density at radius 2 is 1.77 bits per heavy atom. The van der Waals surface area contributed by atoms with Gasteiger partial charge in [0.05, 0.1) is 23.7 Å². The van der Waals surface area contributed by atoms with Crippen LogP contribution >= 0.6 is 0 Å². The average molecular weight is 419 g/mol. The molecule has 0 spiro atoms. The molecule has 0 N–H and O–H groups in total. The summed E-state index contributed by atoms with van der Waals surface area (Å²) < 4.78 is 5.09. The quantitative estimate of drug-likeness (QED) is 0.503. The molecule has 0 saturated heterocycles. The zero-order valence-electron chi connectivity index (χ0n) is 17.3. The van der Waals surface area contributed by atoms with Crippen molar-refractivity contribution < 1.29 is 23.9 Å². The molecule has 158 valence electrons. The number of para-hydroxylation sites is 1. The second-order valence-electron chi connectivity index (χ2n) is 7.20. The molecule has 0 atom stereocenters. The molecule has 8 heteroatoms. The molecule has 0 bridgehead atoms. The van der Waals surface area contributed by atoms with Gasteiger partial charge in [-0.25, -0.2) is 0 Å². The van der Waals surface area contributed by atoms with E-state index in [1.54, 1.807) is 18.2 Å². The fraction of sp³-hybridized carbons (Fsp3) is 0.261. The summed E-state index contributed by atoms with van der Waals surface area (Å²) in [6, 6.07) is 14.0. The Kier molecular flexibility index (Phi) is 6.46. The van der Waals surface area contributed by atoms with Gasteiger partial charge in [0.15, 0.2) is 6.61 Å². The van der Waals surface area contributed by atoms with Crippen LogP contribution in [0.2, 0.25) is 0 Å². The predicted octanol–water partition coefficient (Wildman–Crippen LogP) is 2.32. The van der Waals surface area contributed by atoms with Gasteiger partial charge in [-0.3, -0.25) is 24.1 Å². The van der Waals surface area contributed by atoms with Crippen molar-refractivity contribution >= 4 is 34.9 Å². The zero-order chi connectivity index (χ0) is 22.5. The number of hydrogen-bond donors (Lipinski definition) is 0. The molecule has 1 aliphatic heterocycles. The normalized spacial score (nSPS) is 12.4. The molecule has 0 fully saturated rings. The van der Waals surface area contributed by atoms with E-state index >= 15 is 0 Å². The highest BCUT2D eigenvalue weighted by Gasteiger charge is 2.36. The number of rotatable bonds is 7. The number of hydrogen-bond acceptors (Lipinski definition) is 6. The van der Waals surface area contributed by atoms with E-state index in [1.807, 2.05) is 38.1 Å². The van der Waals surface area contributed by atoms with E-state index in [4.69, 9.17) is 10.00 Å². The average Bonchev–Trinajstić information content (AvgIpc) is 2.97. The lowest BCUT2D eigenvalue weighted by Crippen LogP contribution is -2.39. The Bertz CT molecular complexity index is 1080. The number of ketones is 1. The summed E-state index contributed by atoms with van der Waals surface area (Å²) in [6.45, 7) is 2.93. The third-order valence-corrected chi connectivity index (χ3v) is 4.79. The number of amides is 2. The van der Waals surface area contributed by atoms with E-state index in [9.17, 15) is 19.2 Å². The van der Waals surface area contributed by atoms with E-state index in [2.05, 4.69) is 0 Å². The lowest BCUT2D eigenvalue weighted by Gasteiger charge is -2.23. The van der Waals surface area contributed by atoms with Crippen molar-refractivity contribution in [3.63, 3.8) is 0 Å². The number of fused-ring (bicyclic) bond motifs is 1. The number of esters is 1. The molecule has 3 rings (SSSR count). The fourth-order valence-electron chi connectivity index (χ4n) is 3.47. The molecule has 8 nitrogen and oxygen atoms in total. The van der Waals surface area contributed by atoms with Crippen LogP contribution in [0.3, 0.4) is 0 Å². The monoisotopic (exact) mass is 419 g/mol. The van der Waals surface area contributed by atoms with E-state index in [0.29, 0.717) is 11.4 Å². The van der Waals surface area contributed by atoms with Gasteiger partial charge in [-0.05, 0) is 49.2 Å². The number of anilines is 2. The smallest absolute Gasteiger partial charge is 0.326 e. The van der Waals surface area contributed by atoms with E-state index in [-0.39, 0.29) is 18.5 Å². The molecule has 0 aromatic heterocycles. The summed E-state index contributed by atoms with van der Waals surface area (Å²) in [4.78, 5) is 51.7. The number of benzene rings is 2. The van der Waals surface area contributed by atoms with Crippen LogP contribution < -0.4 is 9.80 Å². The van der Waals surface area contributed by atoms with Crippen LogP contribution in [-0.2, 0) is 19.1 Å². The first-order valence-corrected chi connectivity index (χ1v) is 9.68. The Hall–Kier alpha value is -3.99. The third kappa shape index (κ3) is 4.78. The molecular weight excluding hydrogens is 398 g/mol. The van der Waals surface area contributed by atoms with Crippen molar-refractivity contribution in [3.8, 4) is 6.07 Å². The minimum atomic E-state index is -0.813. The fourth-order valence-corrected chi connectivity index (χ4v) is 3.47. The topological polar surface area (TPSA) is 108 Å². The van der Waals surface area contributed by atoms with Crippen LogP contribution in [0.25, 0.3) is 0 Å². The van der Waals surface area contributed by atoms with Crippen LogP contribution in [0.1, 0.15) is 27.9 Å². The van der Waals surface area contributed by atoms with Gasteiger partial charge in [-0.1, -0.05) is 18.2 Å². The zero-order valence-corrected chi connectivity index (χ0v) is 17.3. The molecule has 0 radical (unpaired) electrons. The van der Waals surface area contributed by atoms with Crippen molar-refractivity contribution in [2.45, 2.75) is 20.3 Å². The molecule has 2 aromatic carbocycles. The molecule has 0 unspecified atom stereocenters. The molecule has 1 heterocycles. The maximum Gasteiger partial charge on any atom is 0.326 e. The number of aryl methyl sites for hydroxylation is 2. The Labute approximate surface area is 179 Å². The summed E-state index contributed by atoms with van der Waals surface area (Å²) in [7, 11) is 0. The second kappa shape index (κ2) is 9.22. The minimum absolute atomic E-state index is 0.119. The van der Waals surface area contributed by atoms with Crippen LogP contribution in [0.4, 0.5) is 11.4 Å². The van der Waals surface area contributed by atoms with Gasteiger partial charge >= 0.3 is 5.97 Å². The molecule has 0 aliphatic carbocycles. The number of carbonyl (C=O) groups excluding carboxylic acids is 4. The molecule has 2 aromatic rings. The maximum atomic E-state index is 12.7. The van der Waals surface area contributed by atoms with Crippen LogP contribution in [0.5, 0.6) is 0 Å². The summed E-state index contributed by atoms with van der Waals surface area (Å²) >= 11 is 0. The van der Waals surface area contributed by atoms with Gasteiger partial charge in [-0.2, -0.15) is 5.26 Å². The van der Waals surface area contributed by atoms with Gasteiger partial charge in [-0.15, -0.1) is 0 Å². The second-order valence-corrected chi connectivity index (χ2v) is 7.20. The molecule has 1 aliphatic rings. The number of ether oxygens (including phenoxy) is 1. The van der Waals surface area contributed by atoms with Gasteiger partial charge in [0.25, 0.3) is 17.6 Å². The number of Topliss-reactive ketones (excluding diaryl/α,β-unsaturated/α-hetero) is 1. The van der Waals surface area contributed by atoms with Crippen molar-refractivity contribution in [1.29, 1.82) is 5.26 Å². The van der Waals surface area contributed by atoms with Crippen molar-refractivity contribution in [1.82, 2.24) is 0 Å². The van der Waals surface area contributed by atoms with Crippen molar-refractivity contribution in [2.24, 2.45) is 0 Å². The molecule has 31 heavy (non-hydrogen) atoms. The number of nitriles is 1. The lowest BCUT2D eigenvalue weighted by atomic mass is 10.1. The largest absolute Gasteiger partial charge is 0.454 e. The molecule has 2 amide bonds. The number of nitrogens with zero attached hydrogens (tertiary/aromatic N) is 3. The van der Waals surface area contributed by atoms with E-state index in [1.165, 1.54) is 11.0 Å². The third-order valence-electron chi connectivity index (χ3n) is 4.79. The summed E-state index contributed by atoms with van der Waals surface area (Å²) in [5.74, 6) is -2.79. The highest BCUT2D eigenvalue weighted by atomic mass is 16.5. The first-order chi connectivity index (χ1) is 14.8. The molecular formula is C23H21N3O5. The first-order valence-electron chi connectivity index (χ1n) is 9.68.